The van der Waals surface area contributed by atoms with E-state index in [4.69, 9.17) is 0 Å². The van der Waals surface area contributed by atoms with Crippen molar-refractivity contribution in [3.8, 4) is 0 Å². The van der Waals surface area contributed by atoms with Gasteiger partial charge in [0.25, 0.3) is 0 Å². The van der Waals surface area contributed by atoms with Crippen molar-refractivity contribution in [2.24, 2.45) is 17.8 Å². The van der Waals surface area contributed by atoms with E-state index < -0.39 is 6.10 Å². The van der Waals surface area contributed by atoms with Gasteiger partial charge in [0.1, 0.15) is 0 Å². The fourth-order valence-electron chi connectivity index (χ4n) is 3.23. The Morgan fingerprint density at radius 1 is 1.06 bits per heavy atom. The van der Waals surface area contributed by atoms with Crippen LogP contribution in [0, 0.1) is 17.8 Å². The predicted octanol–water partition coefficient (Wildman–Crippen LogP) is 0.932. The molecule has 1 saturated heterocycles. The molecular weight excluding hydrogens is 218 g/mol. The SMILES string of the molecule is O=C1C2CCCCC2C(=O)N1CC(O)C1CC1. The largest absolute Gasteiger partial charge is 0.391 e. The summed E-state index contributed by atoms with van der Waals surface area (Å²) >= 11 is 0. The number of likely N-dealkylation sites (tertiary alicyclic amines) is 1. The Bertz CT molecular complexity index is 327. The van der Waals surface area contributed by atoms with Crippen molar-refractivity contribution in [2.75, 3.05) is 6.54 Å². The van der Waals surface area contributed by atoms with Crippen LogP contribution in [0.25, 0.3) is 0 Å². The summed E-state index contributed by atoms with van der Waals surface area (Å²) in [6.45, 7) is 0.231. The van der Waals surface area contributed by atoms with Crippen molar-refractivity contribution in [1.29, 1.82) is 0 Å². The molecule has 0 bridgehead atoms. The first-order valence-corrected chi connectivity index (χ1v) is 6.72. The molecule has 94 valence electrons. The number of aliphatic hydroxyl groups excluding tert-OH is 1. The molecule has 2 aliphatic carbocycles. The van der Waals surface area contributed by atoms with Crippen LogP contribution in [-0.4, -0.2) is 34.5 Å². The number of β-amino-alcohol motifs (C(OH)–C–C–N with tert-alkyl or cyclic N) is 1. The quantitative estimate of drug-likeness (QED) is 0.743. The van der Waals surface area contributed by atoms with Gasteiger partial charge in [-0.3, -0.25) is 14.5 Å². The number of nitrogens with zero attached hydrogens (tertiary/aromatic N) is 1. The zero-order valence-electron chi connectivity index (χ0n) is 9.97. The van der Waals surface area contributed by atoms with Gasteiger partial charge in [0.05, 0.1) is 24.5 Å². The number of hydrogen-bond acceptors (Lipinski definition) is 3. The lowest BCUT2D eigenvalue weighted by molar-refractivity contribution is -0.141. The lowest BCUT2D eigenvalue weighted by Crippen LogP contribution is -2.38. The molecule has 3 fully saturated rings. The summed E-state index contributed by atoms with van der Waals surface area (Å²) in [6, 6.07) is 0. The van der Waals surface area contributed by atoms with Crippen LogP contribution in [0.3, 0.4) is 0 Å². The Morgan fingerprint density at radius 2 is 1.59 bits per heavy atom. The van der Waals surface area contributed by atoms with E-state index in [9.17, 15) is 14.7 Å². The summed E-state index contributed by atoms with van der Waals surface area (Å²) in [6.07, 6.45) is 5.38. The number of fused-ring (bicyclic) bond motifs is 1. The minimum atomic E-state index is -0.497. The Labute approximate surface area is 101 Å². The maximum atomic E-state index is 12.1. The second-order valence-corrected chi connectivity index (χ2v) is 5.69. The number of carbonyl (C=O) groups is 2. The summed E-state index contributed by atoms with van der Waals surface area (Å²) in [5.74, 6) is 0.0994. The van der Waals surface area contributed by atoms with Crippen LogP contribution >= 0.6 is 0 Å². The first-order valence-electron chi connectivity index (χ1n) is 6.72. The van der Waals surface area contributed by atoms with Gasteiger partial charge in [-0.2, -0.15) is 0 Å². The summed E-state index contributed by atoms with van der Waals surface area (Å²) in [4.78, 5) is 25.6. The van der Waals surface area contributed by atoms with Crippen molar-refractivity contribution < 1.29 is 14.7 Å². The molecule has 2 saturated carbocycles. The van der Waals surface area contributed by atoms with Crippen LogP contribution < -0.4 is 0 Å². The van der Waals surface area contributed by atoms with Gasteiger partial charge in [-0.25, -0.2) is 0 Å². The lowest BCUT2D eigenvalue weighted by Gasteiger charge is -2.19. The summed E-state index contributed by atoms with van der Waals surface area (Å²) < 4.78 is 0. The zero-order valence-corrected chi connectivity index (χ0v) is 9.97. The Hall–Kier alpha value is -0.900. The van der Waals surface area contributed by atoms with E-state index in [0.29, 0.717) is 5.92 Å². The fourth-order valence-corrected chi connectivity index (χ4v) is 3.23. The second kappa shape index (κ2) is 4.09. The van der Waals surface area contributed by atoms with E-state index in [1.54, 1.807) is 0 Å². The van der Waals surface area contributed by atoms with E-state index in [1.165, 1.54) is 4.90 Å². The Kier molecular flexibility index (Phi) is 2.69. The van der Waals surface area contributed by atoms with Gasteiger partial charge in [0.2, 0.25) is 11.8 Å². The van der Waals surface area contributed by atoms with E-state index in [-0.39, 0.29) is 30.2 Å². The normalized spacial score (nSPS) is 35.0. The average Bonchev–Trinajstić information content (AvgIpc) is 3.15. The van der Waals surface area contributed by atoms with Gasteiger partial charge in [-0.15, -0.1) is 0 Å². The summed E-state index contributed by atoms with van der Waals surface area (Å²) in [5, 5.41) is 9.87. The third-order valence-corrected chi connectivity index (χ3v) is 4.47. The van der Waals surface area contributed by atoms with Gasteiger partial charge in [-0.05, 0) is 31.6 Å². The van der Waals surface area contributed by atoms with Crippen molar-refractivity contribution in [3.63, 3.8) is 0 Å². The van der Waals surface area contributed by atoms with Crippen molar-refractivity contribution in [2.45, 2.75) is 44.6 Å². The first-order chi connectivity index (χ1) is 8.18. The van der Waals surface area contributed by atoms with Crippen LogP contribution in [0.4, 0.5) is 0 Å². The molecule has 0 aromatic rings. The summed E-state index contributed by atoms with van der Waals surface area (Å²) in [7, 11) is 0. The van der Waals surface area contributed by atoms with Gasteiger partial charge < -0.3 is 5.11 Å². The number of aliphatic hydroxyl groups is 1. The molecule has 3 atom stereocenters. The monoisotopic (exact) mass is 237 g/mol. The maximum Gasteiger partial charge on any atom is 0.233 e. The highest BCUT2D eigenvalue weighted by atomic mass is 16.3. The number of carbonyl (C=O) groups excluding carboxylic acids is 2. The Balaban J connectivity index is 1.71. The minimum Gasteiger partial charge on any atom is -0.391 e. The molecule has 0 spiro atoms. The standard InChI is InChI=1S/C13H19NO3/c15-11(8-5-6-8)7-14-12(16)9-3-1-2-4-10(9)13(14)17/h8-11,15H,1-7H2. The van der Waals surface area contributed by atoms with Gasteiger partial charge >= 0.3 is 0 Å². The number of amides is 2. The molecule has 3 aliphatic rings. The summed E-state index contributed by atoms with van der Waals surface area (Å²) in [5.41, 5.74) is 0. The van der Waals surface area contributed by atoms with E-state index in [0.717, 1.165) is 38.5 Å². The highest BCUT2D eigenvalue weighted by Crippen LogP contribution is 2.39. The molecule has 1 aliphatic heterocycles. The first kappa shape index (κ1) is 11.2. The second-order valence-electron chi connectivity index (χ2n) is 5.69. The van der Waals surface area contributed by atoms with Crippen LogP contribution in [0.5, 0.6) is 0 Å². The average molecular weight is 237 g/mol. The number of imide groups is 1. The molecule has 3 rings (SSSR count). The van der Waals surface area contributed by atoms with Crippen molar-refractivity contribution in [1.82, 2.24) is 4.90 Å². The molecule has 3 unspecified atom stereocenters. The molecule has 4 heteroatoms. The molecule has 0 radical (unpaired) electrons. The smallest absolute Gasteiger partial charge is 0.233 e. The lowest BCUT2D eigenvalue weighted by atomic mass is 9.81. The van der Waals surface area contributed by atoms with Gasteiger partial charge in [-0.1, -0.05) is 12.8 Å². The predicted molar refractivity (Wildman–Crippen MR) is 60.9 cm³/mol. The highest BCUT2D eigenvalue weighted by Gasteiger charge is 2.49. The minimum absolute atomic E-state index is 0.0283. The highest BCUT2D eigenvalue weighted by molar-refractivity contribution is 6.05. The van der Waals surface area contributed by atoms with E-state index in [2.05, 4.69) is 0 Å². The van der Waals surface area contributed by atoms with Gasteiger partial charge in [0.15, 0.2) is 0 Å². The van der Waals surface area contributed by atoms with Crippen molar-refractivity contribution >= 4 is 11.8 Å². The number of rotatable bonds is 3. The van der Waals surface area contributed by atoms with Crippen LogP contribution in [0.15, 0.2) is 0 Å². The molecule has 1 N–H and O–H groups in total. The fraction of sp³-hybridized carbons (Fsp3) is 0.846. The Morgan fingerprint density at radius 3 is 2.06 bits per heavy atom. The molecule has 4 nitrogen and oxygen atoms in total. The van der Waals surface area contributed by atoms with Crippen LogP contribution in [0.2, 0.25) is 0 Å². The number of hydrogen-bond donors (Lipinski definition) is 1. The molecule has 17 heavy (non-hydrogen) atoms. The van der Waals surface area contributed by atoms with Crippen LogP contribution in [-0.2, 0) is 9.59 Å². The zero-order chi connectivity index (χ0) is 12.0. The van der Waals surface area contributed by atoms with Crippen LogP contribution in [0.1, 0.15) is 38.5 Å². The molecule has 1 heterocycles. The van der Waals surface area contributed by atoms with E-state index >= 15 is 0 Å². The van der Waals surface area contributed by atoms with Gasteiger partial charge in [0, 0.05) is 0 Å². The third kappa shape index (κ3) is 1.88. The molecule has 0 aromatic heterocycles. The topological polar surface area (TPSA) is 57.6 Å². The molecular formula is C13H19NO3. The third-order valence-electron chi connectivity index (χ3n) is 4.47. The maximum absolute atomic E-state index is 12.1. The molecule has 2 amide bonds. The van der Waals surface area contributed by atoms with Crippen molar-refractivity contribution in [3.05, 3.63) is 0 Å². The van der Waals surface area contributed by atoms with E-state index in [1.807, 2.05) is 0 Å². The molecule has 0 aromatic carbocycles.